The maximum absolute atomic E-state index is 6.26. The predicted molar refractivity (Wildman–Crippen MR) is 115 cm³/mol. The lowest BCUT2D eigenvalue weighted by molar-refractivity contribution is 0.281. The van der Waals surface area contributed by atoms with Crippen molar-refractivity contribution in [2.24, 2.45) is 0 Å². The van der Waals surface area contributed by atoms with Crippen LogP contribution in [0.25, 0.3) is 0 Å². The van der Waals surface area contributed by atoms with E-state index < -0.39 is 0 Å². The molecule has 0 aliphatic heterocycles. The van der Waals surface area contributed by atoms with Gasteiger partial charge in [0.1, 0.15) is 6.61 Å². The van der Waals surface area contributed by atoms with E-state index in [2.05, 4.69) is 21.2 Å². The second-order valence-electron chi connectivity index (χ2n) is 5.81. The third kappa shape index (κ3) is 5.10. The van der Waals surface area contributed by atoms with Gasteiger partial charge in [0.2, 0.25) is 0 Å². The highest BCUT2D eigenvalue weighted by atomic mass is 79.9. The van der Waals surface area contributed by atoms with Gasteiger partial charge in [-0.3, -0.25) is 0 Å². The van der Waals surface area contributed by atoms with Gasteiger partial charge in [0.05, 0.1) is 17.8 Å². The summed E-state index contributed by atoms with van der Waals surface area (Å²) in [7, 11) is 1.63. The quantitative estimate of drug-likeness (QED) is 0.408. The molecule has 0 aromatic heterocycles. The fourth-order valence-corrected chi connectivity index (χ4v) is 3.54. The smallest absolute Gasteiger partial charge is 0.167 e. The van der Waals surface area contributed by atoms with E-state index in [1.165, 1.54) is 0 Å². The molecule has 0 aliphatic rings. The first-order valence-electron chi connectivity index (χ1n) is 8.29. The zero-order valence-corrected chi connectivity index (χ0v) is 17.7. The summed E-state index contributed by atoms with van der Waals surface area (Å²) in [5.41, 5.74) is 2.82. The van der Waals surface area contributed by atoms with Gasteiger partial charge in [0.25, 0.3) is 0 Å². The Hall–Kier alpha value is -1.88. The van der Waals surface area contributed by atoms with Crippen molar-refractivity contribution in [1.82, 2.24) is 0 Å². The minimum atomic E-state index is 0.447. The summed E-state index contributed by atoms with van der Waals surface area (Å²) in [6.07, 6.45) is 0. The number of rotatable bonds is 7. The third-order valence-electron chi connectivity index (χ3n) is 4.00. The Morgan fingerprint density at radius 3 is 2.48 bits per heavy atom. The first kappa shape index (κ1) is 19.9. The standard InChI is InChI=1S/C21H18BrCl2NO2/c1-26-20-10-8-17(22)16(12-25-19-9-7-15(23)11-18(19)24)21(20)27-13-14-5-3-2-4-6-14/h2-11,25H,12-13H2,1H3. The maximum Gasteiger partial charge on any atom is 0.167 e. The molecule has 3 nitrogen and oxygen atoms in total. The summed E-state index contributed by atoms with van der Waals surface area (Å²) in [5, 5.41) is 4.49. The first-order valence-corrected chi connectivity index (χ1v) is 9.84. The molecule has 140 valence electrons. The highest BCUT2D eigenvalue weighted by molar-refractivity contribution is 9.10. The molecule has 0 spiro atoms. The maximum atomic E-state index is 6.26. The molecule has 0 fully saturated rings. The number of nitrogens with one attached hydrogen (secondary N) is 1. The van der Waals surface area contributed by atoms with Gasteiger partial charge in [-0.05, 0) is 35.9 Å². The summed E-state index contributed by atoms with van der Waals surface area (Å²) in [5.74, 6) is 1.36. The molecule has 1 N–H and O–H groups in total. The molecule has 3 aromatic carbocycles. The van der Waals surface area contributed by atoms with Crippen molar-refractivity contribution >= 4 is 44.8 Å². The lowest BCUT2D eigenvalue weighted by Gasteiger charge is -2.18. The van der Waals surface area contributed by atoms with Crippen LogP contribution in [-0.4, -0.2) is 7.11 Å². The van der Waals surface area contributed by atoms with Crippen LogP contribution in [0.1, 0.15) is 11.1 Å². The minimum Gasteiger partial charge on any atom is -0.493 e. The Morgan fingerprint density at radius 1 is 1.00 bits per heavy atom. The molecule has 0 atom stereocenters. The molecule has 6 heteroatoms. The van der Waals surface area contributed by atoms with Crippen LogP contribution in [0.15, 0.2) is 65.1 Å². The Bertz CT molecular complexity index is 920. The van der Waals surface area contributed by atoms with E-state index in [1.54, 1.807) is 19.2 Å². The number of hydrogen-bond donors (Lipinski definition) is 1. The summed E-state index contributed by atoms with van der Waals surface area (Å²) in [6, 6.07) is 19.2. The molecule has 3 aromatic rings. The molecule has 0 unspecified atom stereocenters. The van der Waals surface area contributed by atoms with Crippen LogP contribution in [0, 0.1) is 0 Å². The monoisotopic (exact) mass is 465 g/mol. The van der Waals surface area contributed by atoms with Gasteiger partial charge in [0, 0.05) is 21.6 Å². The molecular weight excluding hydrogens is 449 g/mol. The van der Waals surface area contributed by atoms with E-state index in [4.69, 9.17) is 32.7 Å². The fraction of sp³-hybridized carbons (Fsp3) is 0.143. The topological polar surface area (TPSA) is 30.5 Å². The van der Waals surface area contributed by atoms with Gasteiger partial charge in [-0.2, -0.15) is 0 Å². The van der Waals surface area contributed by atoms with Gasteiger partial charge in [-0.1, -0.05) is 69.5 Å². The Morgan fingerprint density at radius 2 is 1.78 bits per heavy atom. The summed E-state index contributed by atoms with van der Waals surface area (Å²) >= 11 is 15.8. The first-order chi connectivity index (χ1) is 13.1. The molecule has 0 heterocycles. The average molecular weight is 467 g/mol. The second-order valence-corrected chi connectivity index (χ2v) is 7.51. The molecule has 0 bridgehead atoms. The number of benzene rings is 3. The van der Waals surface area contributed by atoms with E-state index in [0.717, 1.165) is 21.3 Å². The molecular formula is C21H18BrCl2NO2. The highest BCUT2D eigenvalue weighted by Crippen LogP contribution is 2.38. The van der Waals surface area contributed by atoms with Crippen LogP contribution in [-0.2, 0) is 13.2 Å². The van der Waals surface area contributed by atoms with Gasteiger partial charge >= 0.3 is 0 Å². The average Bonchev–Trinajstić information content (AvgIpc) is 2.67. The van der Waals surface area contributed by atoms with Crippen LogP contribution in [0.4, 0.5) is 5.69 Å². The van der Waals surface area contributed by atoms with E-state index in [0.29, 0.717) is 34.7 Å². The van der Waals surface area contributed by atoms with Crippen molar-refractivity contribution in [3.63, 3.8) is 0 Å². The number of ether oxygens (including phenoxy) is 2. The molecule has 27 heavy (non-hydrogen) atoms. The van der Waals surface area contributed by atoms with Crippen molar-refractivity contribution in [3.8, 4) is 11.5 Å². The van der Waals surface area contributed by atoms with Crippen molar-refractivity contribution in [2.75, 3.05) is 12.4 Å². The van der Waals surface area contributed by atoms with Crippen LogP contribution in [0.2, 0.25) is 10.0 Å². The molecule has 0 aliphatic carbocycles. The van der Waals surface area contributed by atoms with Crippen LogP contribution in [0.3, 0.4) is 0 Å². The van der Waals surface area contributed by atoms with Gasteiger partial charge in [-0.25, -0.2) is 0 Å². The third-order valence-corrected chi connectivity index (χ3v) is 5.29. The number of hydrogen-bond acceptors (Lipinski definition) is 3. The Labute approximate surface area is 177 Å². The summed E-state index contributed by atoms with van der Waals surface area (Å²) < 4.78 is 12.5. The Balaban J connectivity index is 1.84. The zero-order valence-electron chi connectivity index (χ0n) is 14.6. The van der Waals surface area contributed by atoms with Crippen molar-refractivity contribution in [1.29, 1.82) is 0 Å². The summed E-state index contributed by atoms with van der Waals surface area (Å²) in [6.45, 7) is 0.950. The van der Waals surface area contributed by atoms with Crippen LogP contribution >= 0.6 is 39.1 Å². The minimum absolute atomic E-state index is 0.447. The van der Waals surface area contributed by atoms with Gasteiger partial charge in [-0.15, -0.1) is 0 Å². The second kappa shape index (κ2) is 9.36. The Kier molecular flexibility index (Phi) is 6.89. The van der Waals surface area contributed by atoms with Crippen molar-refractivity contribution in [2.45, 2.75) is 13.2 Å². The highest BCUT2D eigenvalue weighted by Gasteiger charge is 2.15. The number of anilines is 1. The summed E-state index contributed by atoms with van der Waals surface area (Å²) in [4.78, 5) is 0. The van der Waals surface area contributed by atoms with Gasteiger partial charge < -0.3 is 14.8 Å². The van der Waals surface area contributed by atoms with Gasteiger partial charge in [0.15, 0.2) is 11.5 Å². The lowest BCUT2D eigenvalue weighted by atomic mass is 10.1. The zero-order chi connectivity index (χ0) is 19.2. The lowest BCUT2D eigenvalue weighted by Crippen LogP contribution is -2.06. The molecule has 3 rings (SSSR count). The largest absolute Gasteiger partial charge is 0.493 e. The van der Waals surface area contributed by atoms with E-state index >= 15 is 0 Å². The van der Waals surface area contributed by atoms with Crippen molar-refractivity contribution < 1.29 is 9.47 Å². The van der Waals surface area contributed by atoms with Crippen LogP contribution in [0.5, 0.6) is 11.5 Å². The van der Waals surface area contributed by atoms with E-state index in [9.17, 15) is 0 Å². The van der Waals surface area contributed by atoms with E-state index in [1.807, 2.05) is 48.5 Å². The number of halogens is 3. The number of methoxy groups -OCH3 is 1. The van der Waals surface area contributed by atoms with Crippen molar-refractivity contribution in [3.05, 3.63) is 86.3 Å². The van der Waals surface area contributed by atoms with E-state index in [-0.39, 0.29) is 0 Å². The SMILES string of the molecule is COc1ccc(Br)c(CNc2ccc(Cl)cc2Cl)c1OCc1ccccc1. The molecule has 0 saturated carbocycles. The molecule has 0 saturated heterocycles. The molecule has 0 radical (unpaired) electrons. The fourth-order valence-electron chi connectivity index (χ4n) is 2.61. The van der Waals surface area contributed by atoms with Crippen LogP contribution < -0.4 is 14.8 Å². The normalized spacial score (nSPS) is 10.5. The predicted octanol–water partition coefficient (Wildman–Crippen LogP) is 6.96. The molecule has 0 amide bonds.